The van der Waals surface area contributed by atoms with Gasteiger partial charge in [0.1, 0.15) is 5.41 Å². The van der Waals surface area contributed by atoms with Crippen LogP contribution in [0.25, 0.3) is 0 Å². The molecule has 128 valence electrons. The Morgan fingerprint density at radius 3 is 2.52 bits per heavy atom. The number of fused-ring (bicyclic) bond motifs is 1. The quantitative estimate of drug-likeness (QED) is 0.789. The van der Waals surface area contributed by atoms with Crippen LogP contribution in [0.4, 0.5) is 11.4 Å². The number of benzene rings is 2. The number of para-hydroxylation sites is 2. The molecule has 1 fully saturated rings. The summed E-state index contributed by atoms with van der Waals surface area (Å²) < 4.78 is 0.812. The third-order valence-electron chi connectivity index (χ3n) is 5.14. The Morgan fingerprint density at radius 2 is 1.80 bits per heavy atom. The van der Waals surface area contributed by atoms with Crippen molar-refractivity contribution in [3.63, 3.8) is 0 Å². The zero-order chi connectivity index (χ0) is 17.6. The molecule has 1 atom stereocenters. The van der Waals surface area contributed by atoms with Gasteiger partial charge < -0.3 is 10.2 Å². The molecular formula is C20H19BrN2O2. The van der Waals surface area contributed by atoms with Gasteiger partial charge in [0.05, 0.1) is 5.69 Å². The van der Waals surface area contributed by atoms with Crippen molar-refractivity contribution in [3.05, 3.63) is 58.6 Å². The second-order valence-corrected chi connectivity index (χ2v) is 7.73. The van der Waals surface area contributed by atoms with E-state index < -0.39 is 5.41 Å². The van der Waals surface area contributed by atoms with E-state index in [0.29, 0.717) is 18.5 Å². The van der Waals surface area contributed by atoms with Crippen molar-refractivity contribution >= 4 is 39.1 Å². The molecule has 2 aromatic rings. The molecule has 4 rings (SSSR count). The summed E-state index contributed by atoms with van der Waals surface area (Å²) in [5, 5.41) is 2.92. The fourth-order valence-electron chi connectivity index (χ4n) is 3.57. The lowest BCUT2D eigenvalue weighted by Gasteiger charge is -2.27. The van der Waals surface area contributed by atoms with Gasteiger partial charge in [-0.05, 0) is 65.9 Å². The van der Waals surface area contributed by atoms with Crippen LogP contribution in [0.15, 0.2) is 53.0 Å². The van der Waals surface area contributed by atoms with Crippen LogP contribution in [0, 0.1) is 5.41 Å². The maximum Gasteiger partial charge on any atom is 0.242 e. The van der Waals surface area contributed by atoms with E-state index >= 15 is 0 Å². The molecule has 1 heterocycles. The molecule has 0 aromatic heterocycles. The second-order valence-electron chi connectivity index (χ2n) is 6.87. The molecule has 0 bridgehead atoms. The number of halogens is 1. The highest BCUT2D eigenvalue weighted by Crippen LogP contribution is 2.50. The van der Waals surface area contributed by atoms with E-state index in [9.17, 15) is 9.59 Å². The number of nitrogens with one attached hydrogen (secondary N) is 1. The van der Waals surface area contributed by atoms with Crippen molar-refractivity contribution in [1.29, 1.82) is 0 Å². The number of carbonyl (C=O) groups excluding carboxylic acids is 2. The van der Waals surface area contributed by atoms with E-state index in [1.807, 2.05) is 54.3 Å². The lowest BCUT2D eigenvalue weighted by atomic mass is 10.0. The van der Waals surface area contributed by atoms with Gasteiger partial charge in [0.15, 0.2) is 0 Å². The molecule has 1 saturated carbocycles. The topological polar surface area (TPSA) is 49.4 Å². The Hall–Kier alpha value is -2.14. The number of nitrogens with zero attached hydrogens (tertiary/aromatic N) is 1. The number of amides is 2. The van der Waals surface area contributed by atoms with Crippen molar-refractivity contribution in [2.45, 2.75) is 32.2 Å². The highest BCUT2D eigenvalue weighted by molar-refractivity contribution is 9.10. The van der Waals surface area contributed by atoms with Crippen molar-refractivity contribution in [3.8, 4) is 0 Å². The van der Waals surface area contributed by atoms with Gasteiger partial charge in [0.2, 0.25) is 11.8 Å². The molecule has 2 aliphatic rings. The first-order valence-corrected chi connectivity index (χ1v) is 9.30. The normalized spacial score (nSPS) is 20.1. The number of anilines is 2. The first-order chi connectivity index (χ1) is 12.0. The molecule has 0 radical (unpaired) electrons. The van der Waals surface area contributed by atoms with E-state index in [4.69, 9.17) is 0 Å². The number of hydrogen-bond acceptors (Lipinski definition) is 2. The first-order valence-electron chi connectivity index (χ1n) is 8.50. The zero-order valence-corrected chi connectivity index (χ0v) is 15.5. The molecule has 0 spiro atoms. The summed E-state index contributed by atoms with van der Waals surface area (Å²) in [4.78, 5) is 28.0. The Kier molecular flexibility index (Phi) is 3.91. The molecular weight excluding hydrogens is 380 g/mol. The Morgan fingerprint density at radius 1 is 1.12 bits per heavy atom. The lowest BCUT2D eigenvalue weighted by Crippen LogP contribution is -2.45. The van der Waals surface area contributed by atoms with Crippen molar-refractivity contribution in [2.75, 3.05) is 10.2 Å². The first kappa shape index (κ1) is 16.3. The highest BCUT2D eigenvalue weighted by Gasteiger charge is 2.59. The summed E-state index contributed by atoms with van der Waals surface area (Å²) in [5.74, 6) is -0.282. The summed E-state index contributed by atoms with van der Waals surface area (Å²) in [6, 6.07) is 15.5. The Bertz CT molecular complexity index is 860. The minimum Gasteiger partial charge on any atom is -0.324 e. The highest BCUT2D eigenvalue weighted by atomic mass is 79.9. The van der Waals surface area contributed by atoms with E-state index in [0.717, 1.165) is 16.6 Å². The standard InChI is InChI=1S/C20H19BrN2O2/c1-13-12-14-6-2-5-9-17(14)23(13)19(25)20(10-11-20)18(24)22-16-8-4-3-7-15(16)21/h2-9,13H,10-12H2,1H3,(H,22,24). The van der Waals surface area contributed by atoms with Crippen LogP contribution in [0.5, 0.6) is 0 Å². The van der Waals surface area contributed by atoms with E-state index in [1.165, 1.54) is 5.56 Å². The monoisotopic (exact) mass is 398 g/mol. The van der Waals surface area contributed by atoms with Crippen LogP contribution in [0.2, 0.25) is 0 Å². The van der Waals surface area contributed by atoms with Gasteiger partial charge in [-0.3, -0.25) is 9.59 Å². The summed E-state index contributed by atoms with van der Waals surface area (Å²) >= 11 is 3.44. The largest absolute Gasteiger partial charge is 0.324 e. The minimum absolute atomic E-state index is 0.0745. The number of hydrogen-bond donors (Lipinski definition) is 1. The van der Waals surface area contributed by atoms with Gasteiger partial charge >= 0.3 is 0 Å². The number of rotatable bonds is 3. The van der Waals surface area contributed by atoms with Crippen molar-refractivity contribution in [1.82, 2.24) is 0 Å². The molecule has 0 saturated heterocycles. The van der Waals surface area contributed by atoms with Crippen LogP contribution in [-0.2, 0) is 16.0 Å². The maximum atomic E-state index is 13.3. The SMILES string of the molecule is CC1Cc2ccccc2N1C(=O)C1(C(=O)Nc2ccccc2Br)CC1. The minimum atomic E-state index is -0.930. The van der Waals surface area contributed by atoms with Crippen molar-refractivity contribution < 1.29 is 9.59 Å². The molecule has 2 amide bonds. The molecule has 5 heteroatoms. The summed E-state index contributed by atoms with van der Waals surface area (Å²) in [6.45, 7) is 2.04. The van der Waals surface area contributed by atoms with Crippen LogP contribution >= 0.6 is 15.9 Å². The summed E-state index contributed by atoms with van der Waals surface area (Å²) in [6.07, 6.45) is 2.05. The average Bonchev–Trinajstić information content (AvgIpc) is 3.34. The van der Waals surface area contributed by atoms with E-state index in [2.05, 4.69) is 27.3 Å². The second kappa shape index (κ2) is 5.99. The lowest BCUT2D eigenvalue weighted by molar-refractivity contribution is -0.132. The fourth-order valence-corrected chi connectivity index (χ4v) is 3.96. The van der Waals surface area contributed by atoms with E-state index in [1.54, 1.807) is 0 Å². The zero-order valence-electron chi connectivity index (χ0n) is 14.0. The predicted octanol–water partition coefficient (Wildman–Crippen LogP) is 4.15. The Labute approximate surface area is 155 Å². The number of carbonyl (C=O) groups is 2. The van der Waals surface area contributed by atoms with Gasteiger partial charge in [-0.25, -0.2) is 0 Å². The molecule has 1 N–H and O–H groups in total. The van der Waals surface area contributed by atoms with Gasteiger partial charge in [-0.1, -0.05) is 30.3 Å². The molecule has 25 heavy (non-hydrogen) atoms. The molecule has 1 aliphatic carbocycles. The van der Waals surface area contributed by atoms with Gasteiger partial charge in [0.25, 0.3) is 0 Å². The third-order valence-corrected chi connectivity index (χ3v) is 5.83. The smallest absolute Gasteiger partial charge is 0.242 e. The summed E-state index contributed by atoms with van der Waals surface area (Å²) in [7, 11) is 0. The molecule has 2 aromatic carbocycles. The molecule has 1 aliphatic heterocycles. The van der Waals surface area contributed by atoms with Crippen LogP contribution in [0.3, 0.4) is 0 Å². The van der Waals surface area contributed by atoms with Gasteiger partial charge in [0, 0.05) is 16.2 Å². The van der Waals surface area contributed by atoms with Crippen molar-refractivity contribution in [2.24, 2.45) is 5.41 Å². The molecule has 1 unspecified atom stereocenters. The fraction of sp³-hybridized carbons (Fsp3) is 0.300. The average molecular weight is 399 g/mol. The predicted molar refractivity (Wildman–Crippen MR) is 102 cm³/mol. The van der Waals surface area contributed by atoms with Gasteiger partial charge in [-0.2, -0.15) is 0 Å². The van der Waals surface area contributed by atoms with Crippen LogP contribution in [-0.4, -0.2) is 17.9 Å². The van der Waals surface area contributed by atoms with E-state index in [-0.39, 0.29) is 17.9 Å². The molecule has 4 nitrogen and oxygen atoms in total. The van der Waals surface area contributed by atoms with Gasteiger partial charge in [-0.15, -0.1) is 0 Å². The van der Waals surface area contributed by atoms with Crippen LogP contribution < -0.4 is 10.2 Å². The third kappa shape index (κ3) is 2.67. The van der Waals surface area contributed by atoms with Crippen LogP contribution in [0.1, 0.15) is 25.3 Å². The Balaban J connectivity index is 1.60. The summed E-state index contributed by atoms with van der Waals surface area (Å²) in [5.41, 5.74) is 1.88. The maximum absolute atomic E-state index is 13.3.